The number of aromatic nitrogens is 2. The zero-order chi connectivity index (χ0) is 20.6. The summed E-state index contributed by atoms with van der Waals surface area (Å²) in [5.74, 6) is -0.424. The maximum Gasteiger partial charge on any atom is 0.280 e. The fourth-order valence-electron chi connectivity index (χ4n) is 3.40. The molecule has 0 fully saturated rings. The lowest BCUT2D eigenvalue weighted by atomic mass is 9.99. The summed E-state index contributed by atoms with van der Waals surface area (Å²) in [6, 6.07) is 13.0. The van der Waals surface area contributed by atoms with Crippen LogP contribution in [-0.2, 0) is 16.1 Å². The van der Waals surface area contributed by atoms with Gasteiger partial charge < -0.3 is 19.5 Å². The lowest BCUT2D eigenvalue weighted by Crippen LogP contribution is -2.59. The second kappa shape index (κ2) is 7.09. The Morgan fingerprint density at radius 2 is 2.07 bits per heavy atom. The number of nitrogens with zero attached hydrogens (tertiary/aromatic N) is 3. The van der Waals surface area contributed by atoms with Gasteiger partial charge in [0.2, 0.25) is 0 Å². The summed E-state index contributed by atoms with van der Waals surface area (Å²) in [7, 11) is 1.65. The van der Waals surface area contributed by atoms with E-state index in [4.69, 9.17) is 4.74 Å². The summed E-state index contributed by atoms with van der Waals surface area (Å²) in [5, 5.41) is 2.83. The molecule has 7 nitrogen and oxygen atoms in total. The Balaban J connectivity index is 1.56. The fraction of sp³-hybridized carbons (Fsp3) is 0.227. The van der Waals surface area contributed by atoms with Crippen molar-refractivity contribution >= 4 is 23.2 Å². The van der Waals surface area contributed by atoms with Crippen molar-refractivity contribution in [1.82, 2.24) is 9.55 Å². The van der Waals surface area contributed by atoms with E-state index in [9.17, 15) is 9.59 Å². The predicted molar refractivity (Wildman–Crippen MR) is 110 cm³/mol. The number of amides is 2. The van der Waals surface area contributed by atoms with Crippen LogP contribution >= 0.6 is 0 Å². The van der Waals surface area contributed by atoms with Crippen LogP contribution < -0.4 is 15.0 Å². The lowest BCUT2D eigenvalue weighted by Gasteiger charge is -2.38. The van der Waals surface area contributed by atoms with Gasteiger partial charge in [0.1, 0.15) is 5.75 Å². The highest BCUT2D eigenvalue weighted by Gasteiger charge is 2.49. The largest absolute Gasteiger partial charge is 0.465 e. The number of nitrogens with one attached hydrogen (secondary N) is 1. The van der Waals surface area contributed by atoms with Gasteiger partial charge in [0, 0.05) is 31.7 Å². The van der Waals surface area contributed by atoms with Crippen LogP contribution in [-0.4, -0.2) is 34.0 Å². The summed E-state index contributed by atoms with van der Waals surface area (Å²) < 4.78 is 7.83. The summed E-state index contributed by atoms with van der Waals surface area (Å²) in [6.07, 6.45) is 5.32. The number of carbonyl (C=O) groups is 2. The molecule has 1 N–H and O–H groups in total. The summed E-state index contributed by atoms with van der Waals surface area (Å²) >= 11 is 0. The van der Waals surface area contributed by atoms with Crippen LogP contribution in [0.15, 0.2) is 61.2 Å². The summed E-state index contributed by atoms with van der Waals surface area (Å²) in [4.78, 5) is 31.5. The van der Waals surface area contributed by atoms with Gasteiger partial charge in [-0.05, 0) is 49.2 Å². The fourth-order valence-corrected chi connectivity index (χ4v) is 3.40. The summed E-state index contributed by atoms with van der Waals surface area (Å²) in [6.45, 7) is 4.07. The van der Waals surface area contributed by atoms with Crippen molar-refractivity contribution in [2.24, 2.45) is 0 Å². The number of ether oxygens (including phenoxy) is 1. The quantitative estimate of drug-likeness (QED) is 0.695. The Hall–Kier alpha value is -3.61. The van der Waals surface area contributed by atoms with Crippen molar-refractivity contribution in [3.63, 3.8) is 0 Å². The average molecular weight is 390 g/mol. The van der Waals surface area contributed by atoms with Crippen LogP contribution in [0.1, 0.15) is 18.1 Å². The van der Waals surface area contributed by atoms with E-state index < -0.39 is 17.4 Å². The molecule has 0 spiro atoms. The van der Waals surface area contributed by atoms with E-state index in [0.717, 1.165) is 11.1 Å². The zero-order valence-electron chi connectivity index (χ0n) is 16.5. The van der Waals surface area contributed by atoms with Crippen LogP contribution in [0.2, 0.25) is 0 Å². The molecule has 2 heterocycles. The normalized spacial score (nSPS) is 18.2. The van der Waals surface area contributed by atoms with E-state index in [1.165, 1.54) is 11.8 Å². The van der Waals surface area contributed by atoms with E-state index in [1.807, 2.05) is 48.0 Å². The molecule has 0 saturated carbocycles. The number of anilines is 2. The molecule has 3 aromatic rings. The molecule has 0 aliphatic carbocycles. The molecule has 4 rings (SSSR count). The molecule has 1 aliphatic heterocycles. The van der Waals surface area contributed by atoms with Crippen molar-refractivity contribution < 1.29 is 14.3 Å². The van der Waals surface area contributed by atoms with Crippen LogP contribution in [0.3, 0.4) is 0 Å². The number of rotatable bonds is 4. The number of hydrogen-bond donors (Lipinski definition) is 1. The first kappa shape index (κ1) is 18.7. The maximum absolute atomic E-state index is 13.1. The molecule has 1 aliphatic rings. The highest BCUT2D eigenvalue weighted by Crippen LogP contribution is 2.38. The van der Waals surface area contributed by atoms with Gasteiger partial charge in [-0.1, -0.05) is 18.2 Å². The van der Waals surface area contributed by atoms with Gasteiger partial charge in [-0.25, -0.2) is 4.98 Å². The Kier molecular flexibility index (Phi) is 4.58. The third kappa shape index (κ3) is 3.47. The van der Waals surface area contributed by atoms with Crippen molar-refractivity contribution in [3.8, 4) is 5.75 Å². The number of benzene rings is 2. The SMILES string of the molecule is Cc1ccc2c(c1)N(C)C(=O)C(C)(C(=O)Nc1cccc(Cn3ccnc3)c1)O2. The highest BCUT2D eigenvalue weighted by molar-refractivity contribution is 6.19. The topological polar surface area (TPSA) is 76.5 Å². The van der Waals surface area contributed by atoms with Crippen LogP contribution in [0.4, 0.5) is 11.4 Å². The Morgan fingerprint density at radius 3 is 2.83 bits per heavy atom. The van der Waals surface area contributed by atoms with Crippen molar-refractivity contribution in [2.75, 3.05) is 17.3 Å². The van der Waals surface area contributed by atoms with Gasteiger partial charge in [0.25, 0.3) is 17.4 Å². The van der Waals surface area contributed by atoms with Crippen LogP contribution in [0.25, 0.3) is 0 Å². The van der Waals surface area contributed by atoms with Gasteiger partial charge in [0.05, 0.1) is 12.0 Å². The van der Waals surface area contributed by atoms with Gasteiger partial charge in [-0.3, -0.25) is 9.59 Å². The molecule has 7 heteroatoms. The Bertz CT molecular complexity index is 1080. The Morgan fingerprint density at radius 1 is 1.24 bits per heavy atom. The molecule has 0 saturated heterocycles. The smallest absolute Gasteiger partial charge is 0.280 e. The standard InChI is InChI=1S/C22H22N4O3/c1-15-7-8-19-18(11-15)25(3)21(28)22(2,29-19)20(27)24-17-6-4-5-16(12-17)13-26-10-9-23-14-26/h4-12,14H,13H2,1-3H3,(H,24,27). The van der Waals surface area contributed by atoms with Crippen LogP contribution in [0, 0.1) is 6.92 Å². The average Bonchev–Trinajstić information content (AvgIpc) is 3.20. The summed E-state index contributed by atoms with van der Waals surface area (Å²) in [5.41, 5.74) is 1.61. The van der Waals surface area contributed by atoms with Gasteiger partial charge >= 0.3 is 0 Å². The number of carbonyl (C=O) groups excluding carboxylic acids is 2. The van der Waals surface area contributed by atoms with E-state index in [1.54, 1.807) is 31.7 Å². The highest BCUT2D eigenvalue weighted by atomic mass is 16.5. The molecule has 1 unspecified atom stereocenters. The number of hydrogen-bond acceptors (Lipinski definition) is 4. The molecule has 0 bridgehead atoms. The number of fused-ring (bicyclic) bond motifs is 1. The minimum Gasteiger partial charge on any atom is -0.465 e. The van der Waals surface area contributed by atoms with E-state index >= 15 is 0 Å². The second-order valence-corrected chi connectivity index (χ2v) is 7.36. The molecule has 2 amide bonds. The van der Waals surface area contributed by atoms with E-state index in [-0.39, 0.29) is 0 Å². The second-order valence-electron chi connectivity index (χ2n) is 7.36. The molecule has 0 radical (unpaired) electrons. The van der Waals surface area contributed by atoms with E-state index in [2.05, 4.69) is 10.3 Å². The van der Waals surface area contributed by atoms with Crippen LogP contribution in [0.5, 0.6) is 5.75 Å². The van der Waals surface area contributed by atoms with Crippen molar-refractivity contribution in [2.45, 2.75) is 26.0 Å². The minimum atomic E-state index is -1.66. The first-order chi connectivity index (χ1) is 13.9. The lowest BCUT2D eigenvalue weighted by molar-refractivity contribution is -0.144. The Labute approximate surface area is 168 Å². The van der Waals surface area contributed by atoms with Gasteiger partial charge in [-0.15, -0.1) is 0 Å². The zero-order valence-corrected chi connectivity index (χ0v) is 16.5. The van der Waals surface area contributed by atoms with Crippen molar-refractivity contribution in [3.05, 3.63) is 72.3 Å². The molecule has 29 heavy (non-hydrogen) atoms. The molecule has 2 aromatic carbocycles. The number of likely N-dealkylation sites (N-methyl/N-ethyl adjacent to an activating group) is 1. The van der Waals surface area contributed by atoms with E-state index in [0.29, 0.717) is 23.7 Å². The molecule has 148 valence electrons. The van der Waals surface area contributed by atoms with Gasteiger partial charge in [-0.2, -0.15) is 0 Å². The first-order valence-corrected chi connectivity index (χ1v) is 9.31. The molecule has 1 aromatic heterocycles. The third-order valence-corrected chi connectivity index (χ3v) is 5.05. The number of imidazole rings is 1. The predicted octanol–water partition coefficient (Wildman–Crippen LogP) is 2.99. The molecular weight excluding hydrogens is 368 g/mol. The third-order valence-electron chi connectivity index (χ3n) is 5.05. The maximum atomic E-state index is 13.1. The molecular formula is C22H22N4O3. The van der Waals surface area contributed by atoms with Gasteiger partial charge in [0.15, 0.2) is 0 Å². The molecule has 1 atom stereocenters. The first-order valence-electron chi connectivity index (χ1n) is 9.31. The number of aryl methyl sites for hydroxylation is 1. The minimum absolute atomic E-state index is 0.414. The van der Waals surface area contributed by atoms with Crippen molar-refractivity contribution in [1.29, 1.82) is 0 Å². The monoisotopic (exact) mass is 390 g/mol.